The molecular formula is C17H20N4O4. The Balaban J connectivity index is 1.83. The van der Waals surface area contributed by atoms with E-state index < -0.39 is 4.92 Å². The Kier molecular flexibility index (Phi) is 4.91. The molecule has 132 valence electrons. The zero-order chi connectivity index (χ0) is 17.9. The number of aryl methyl sites for hydroxylation is 1. The number of nitrogens with zero attached hydrogens (tertiary/aromatic N) is 3. The number of aliphatic hydroxyl groups excluding tert-OH is 1. The lowest BCUT2D eigenvalue weighted by molar-refractivity contribution is -0.384. The Morgan fingerprint density at radius 3 is 2.56 bits per heavy atom. The highest BCUT2D eigenvalue weighted by Gasteiger charge is 2.37. The Bertz CT molecular complexity index is 754. The second-order valence-corrected chi connectivity index (χ2v) is 6.23. The molecule has 1 aliphatic heterocycles. The van der Waals surface area contributed by atoms with E-state index in [-0.39, 0.29) is 17.7 Å². The molecule has 0 radical (unpaired) electrons. The summed E-state index contributed by atoms with van der Waals surface area (Å²) in [5.74, 6) is 1.18. The molecule has 8 nitrogen and oxygen atoms in total. The van der Waals surface area contributed by atoms with Crippen LogP contribution in [0.15, 0.2) is 30.3 Å². The van der Waals surface area contributed by atoms with Gasteiger partial charge in [0.1, 0.15) is 5.82 Å². The van der Waals surface area contributed by atoms with Crippen LogP contribution in [0.3, 0.4) is 0 Å². The predicted octanol–water partition coefficient (Wildman–Crippen LogP) is 2.04. The van der Waals surface area contributed by atoms with Gasteiger partial charge in [0.25, 0.3) is 5.69 Å². The van der Waals surface area contributed by atoms with Gasteiger partial charge in [-0.25, -0.2) is 9.97 Å². The fraction of sp³-hybridized carbons (Fsp3) is 0.412. The van der Waals surface area contributed by atoms with Crippen LogP contribution in [0.25, 0.3) is 11.4 Å². The number of anilines is 1. The van der Waals surface area contributed by atoms with E-state index in [4.69, 9.17) is 4.74 Å². The van der Waals surface area contributed by atoms with Crippen LogP contribution in [0, 0.1) is 15.5 Å². The summed E-state index contributed by atoms with van der Waals surface area (Å²) in [4.78, 5) is 19.4. The SMILES string of the molecule is CCc1cc(NCC2(CO)COC2)nc(-c2ccc([N+](=O)[O-])cc2)n1. The van der Waals surface area contributed by atoms with Crippen molar-refractivity contribution in [3.63, 3.8) is 0 Å². The van der Waals surface area contributed by atoms with E-state index in [9.17, 15) is 15.2 Å². The van der Waals surface area contributed by atoms with Gasteiger partial charge in [-0.2, -0.15) is 0 Å². The molecular weight excluding hydrogens is 324 g/mol. The van der Waals surface area contributed by atoms with Gasteiger partial charge in [-0.15, -0.1) is 0 Å². The predicted molar refractivity (Wildman–Crippen MR) is 92.3 cm³/mol. The molecule has 0 aliphatic carbocycles. The Morgan fingerprint density at radius 1 is 1.32 bits per heavy atom. The van der Waals surface area contributed by atoms with Gasteiger partial charge < -0.3 is 15.2 Å². The summed E-state index contributed by atoms with van der Waals surface area (Å²) in [7, 11) is 0. The monoisotopic (exact) mass is 344 g/mol. The summed E-state index contributed by atoms with van der Waals surface area (Å²) < 4.78 is 5.20. The van der Waals surface area contributed by atoms with E-state index in [1.165, 1.54) is 12.1 Å². The number of rotatable bonds is 7. The van der Waals surface area contributed by atoms with E-state index in [0.717, 1.165) is 12.1 Å². The van der Waals surface area contributed by atoms with Gasteiger partial charge >= 0.3 is 0 Å². The number of hydrogen-bond acceptors (Lipinski definition) is 7. The molecule has 2 N–H and O–H groups in total. The topological polar surface area (TPSA) is 110 Å². The molecule has 2 aromatic rings. The minimum absolute atomic E-state index is 0.0311. The molecule has 1 fully saturated rings. The zero-order valence-corrected chi connectivity index (χ0v) is 13.9. The normalized spacial score (nSPS) is 15.4. The summed E-state index contributed by atoms with van der Waals surface area (Å²) >= 11 is 0. The van der Waals surface area contributed by atoms with Crippen LogP contribution in [-0.2, 0) is 11.2 Å². The summed E-state index contributed by atoms with van der Waals surface area (Å²) in [5, 5.41) is 23.5. The minimum Gasteiger partial charge on any atom is -0.396 e. The van der Waals surface area contributed by atoms with E-state index in [1.807, 2.05) is 13.0 Å². The highest BCUT2D eigenvalue weighted by atomic mass is 16.6. The molecule has 1 aliphatic rings. The number of nitrogens with one attached hydrogen (secondary N) is 1. The third kappa shape index (κ3) is 3.75. The van der Waals surface area contributed by atoms with E-state index in [0.29, 0.717) is 37.0 Å². The smallest absolute Gasteiger partial charge is 0.269 e. The molecule has 0 bridgehead atoms. The highest BCUT2D eigenvalue weighted by Crippen LogP contribution is 2.27. The molecule has 0 spiro atoms. The van der Waals surface area contributed by atoms with E-state index in [1.54, 1.807) is 12.1 Å². The molecule has 2 heterocycles. The molecule has 25 heavy (non-hydrogen) atoms. The van der Waals surface area contributed by atoms with E-state index >= 15 is 0 Å². The first-order valence-electron chi connectivity index (χ1n) is 8.10. The van der Waals surface area contributed by atoms with Gasteiger partial charge in [-0.1, -0.05) is 6.92 Å². The second-order valence-electron chi connectivity index (χ2n) is 6.23. The second kappa shape index (κ2) is 7.12. The summed E-state index contributed by atoms with van der Waals surface area (Å²) in [6, 6.07) is 8.05. The van der Waals surface area contributed by atoms with Crippen LogP contribution in [0.5, 0.6) is 0 Å². The third-order valence-electron chi connectivity index (χ3n) is 4.27. The van der Waals surface area contributed by atoms with Gasteiger partial charge in [0.05, 0.1) is 30.2 Å². The molecule has 0 saturated carbocycles. The fourth-order valence-corrected chi connectivity index (χ4v) is 2.55. The Labute approximate surface area is 145 Å². The van der Waals surface area contributed by atoms with Crippen LogP contribution in [0.4, 0.5) is 11.5 Å². The van der Waals surface area contributed by atoms with E-state index in [2.05, 4.69) is 15.3 Å². The van der Waals surface area contributed by atoms with Gasteiger partial charge in [0, 0.05) is 36.0 Å². The molecule has 1 saturated heterocycles. The minimum atomic E-state index is -0.435. The third-order valence-corrected chi connectivity index (χ3v) is 4.27. The number of benzene rings is 1. The Hall–Kier alpha value is -2.58. The summed E-state index contributed by atoms with van der Waals surface area (Å²) in [6.45, 7) is 3.67. The van der Waals surface area contributed by atoms with Crippen molar-refractivity contribution in [3.05, 3.63) is 46.1 Å². The number of ether oxygens (including phenoxy) is 1. The number of nitro benzene ring substituents is 1. The number of hydrogen-bond donors (Lipinski definition) is 2. The standard InChI is InChI=1S/C17H20N4O4/c1-2-13-7-15(18-8-17(9-22)10-25-11-17)20-16(19-13)12-3-5-14(6-4-12)21(23)24/h3-7,22H,2,8-11H2,1H3,(H,18,19,20). The maximum Gasteiger partial charge on any atom is 0.269 e. The number of aliphatic hydroxyl groups is 1. The summed E-state index contributed by atoms with van der Waals surface area (Å²) in [5.41, 5.74) is 1.36. The van der Waals surface area contributed by atoms with Crippen molar-refractivity contribution in [2.24, 2.45) is 5.41 Å². The fourth-order valence-electron chi connectivity index (χ4n) is 2.55. The molecule has 8 heteroatoms. The van der Waals surface area contributed by atoms with Crippen molar-refractivity contribution >= 4 is 11.5 Å². The van der Waals surface area contributed by atoms with Gasteiger partial charge in [0.15, 0.2) is 5.82 Å². The highest BCUT2D eigenvalue weighted by molar-refractivity contribution is 5.59. The Morgan fingerprint density at radius 2 is 2.04 bits per heavy atom. The van der Waals surface area contributed by atoms with Crippen LogP contribution in [0.1, 0.15) is 12.6 Å². The van der Waals surface area contributed by atoms with Crippen LogP contribution >= 0.6 is 0 Å². The average molecular weight is 344 g/mol. The molecule has 0 unspecified atom stereocenters. The van der Waals surface area contributed by atoms with Crippen LogP contribution in [-0.4, -0.2) is 46.4 Å². The van der Waals surface area contributed by atoms with Crippen molar-refractivity contribution in [3.8, 4) is 11.4 Å². The van der Waals surface area contributed by atoms with Crippen molar-refractivity contribution in [2.75, 3.05) is 31.7 Å². The first-order chi connectivity index (χ1) is 12.0. The lowest BCUT2D eigenvalue weighted by atomic mass is 9.87. The molecule has 1 aromatic carbocycles. The van der Waals surface area contributed by atoms with Crippen LogP contribution in [0.2, 0.25) is 0 Å². The maximum absolute atomic E-state index is 10.8. The van der Waals surface area contributed by atoms with Crippen molar-refractivity contribution in [1.29, 1.82) is 0 Å². The van der Waals surface area contributed by atoms with Crippen molar-refractivity contribution in [2.45, 2.75) is 13.3 Å². The van der Waals surface area contributed by atoms with Gasteiger partial charge in [-0.05, 0) is 18.6 Å². The van der Waals surface area contributed by atoms with Crippen molar-refractivity contribution < 1.29 is 14.8 Å². The average Bonchev–Trinajstić information content (AvgIpc) is 2.61. The van der Waals surface area contributed by atoms with Crippen molar-refractivity contribution in [1.82, 2.24) is 9.97 Å². The zero-order valence-electron chi connectivity index (χ0n) is 13.9. The van der Waals surface area contributed by atoms with Crippen LogP contribution < -0.4 is 5.32 Å². The first-order valence-corrected chi connectivity index (χ1v) is 8.10. The summed E-state index contributed by atoms with van der Waals surface area (Å²) in [6.07, 6.45) is 0.742. The number of non-ortho nitro benzene ring substituents is 1. The number of nitro groups is 1. The molecule has 0 atom stereocenters. The molecule has 0 amide bonds. The first kappa shape index (κ1) is 17.2. The number of aromatic nitrogens is 2. The lowest BCUT2D eigenvalue weighted by Gasteiger charge is -2.39. The molecule has 1 aromatic heterocycles. The maximum atomic E-state index is 10.8. The van der Waals surface area contributed by atoms with Gasteiger partial charge in [-0.3, -0.25) is 10.1 Å². The van der Waals surface area contributed by atoms with Gasteiger partial charge in [0.2, 0.25) is 0 Å². The quantitative estimate of drug-likeness (QED) is 0.584. The lowest BCUT2D eigenvalue weighted by Crippen LogP contribution is -2.50. The largest absolute Gasteiger partial charge is 0.396 e. The molecule has 3 rings (SSSR count).